The standard InChI is InChI=1S/C24H26FN3O2S/c1-24(2)12-18-19(14-30-24)31-23-20(21(18)29)27-22(16-6-4-3-5-7-16)28(23)26-13-15-8-10-17(25)11-9-15/h8-11,13,16H,3-7,12,14H2,1-2H3. The minimum atomic E-state index is -0.345. The van der Waals surface area contributed by atoms with Crippen LogP contribution in [0.1, 0.15) is 73.7 Å². The number of halogens is 1. The van der Waals surface area contributed by atoms with Crippen molar-refractivity contribution in [2.24, 2.45) is 5.10 Å². The molecule has 1 aliphatic heterocycles. The number of rotatable bonds is 3. The summed E-state index contributed by atoms with van der Waals surface area (Å²) in [7, 11) is 0. The number of ether oxygens (including phenoxy) is 1. The molecular weight excluding hydrogens is 413 g/mol. The van der Waals surface area contributed by atoms with Crippen molar-refractivity contribution in [1.82, 2.24) is 9.66 Å². The van der Waals surface area contributed by atoms with Gasteiger partial charge in [-0.3, -0.25) is 4.79 Å². The fraction of sp³-hybridized carbons (Fsp3) is 0.458. The van der Waals surface area contributed by atoms with Crippen LogP contribution >= 0.6 is 11.3 Å². The molecule has 1 aromatic carbocycles. The van der Waals surface area contributed by atoms with Crippen LogP contribution in [0.4, 0.5) is 4.39 Å². The largest absolute Gasteiger partial charge is 0.370 e. The Morgan fingerprint density at radius 3 is 2.71 bits per heavy atom. The molecule has 5 rings (SSSR count). The maximum Gasteiger partial charge on any atom is 0.211 e. The number of nitrogens with zero attached hydrogens (tertiary/aromatic N) is 3. The Kier molecular flexibility index (Phi) is 5.26. The number of aromatic nitrogens is 2. The summed E-state index contributed by atoms with van der Waals surface area (Å²) in [6, 6.07) is 6.23. The highest BCUT2D eigenvalue weighted by atomic mass is 32.1. The van der Waals surface area contributed by atoms with Crippen LogP contribution in [-0.4, -0.2) is 21.5 Å². The lowest BCUT2D eigenvalue weighted by molar-refractivity contribution is -0.0386. The van der Waals surface area contributed by atoms with Crippen LogP contribution in [0.3, 0.4) is 0 Å². The highest BCUT2D eigenvalue weighted by Gasteiger charge is 2.31. The number of hydrogen-bond donors (Lipinski definition) is 0. The van der Waals surface area contributed by atoms with Gasteiger partial charge in [-0.1, -0.05) is 31.4 Å². The predicted molar refractivity (Wildman–Crippen MR) is 122 cm³/mol. The first kappa shape index (κ1) is 20.5. The lowest BCUT2D eigenvalue weighted by atomic mass is 9.89. The average Bonchev–Trinajstić information content (AvgIpc) is 3.13. The number of hydrogen-bond acceptors (Lipinski definition) is 5. The van der Waals surface area contributed by atoms with Gasteiger partial charge in [0.15, 0.2) is 0 Å². The van der Waals surface area contributed by atoms with E-state index in [0.717, 1.165) is 39.5 Å². The summed E-state index contributed by atoms with van der Waals surface area (Å²) in [6.45, 7) is 4.47. The third kappa shape index (κ3) is 3.96. The highest BCUT2D eigenvalue weighted by Crippen LogP contribution is 2.36. The zero-order valence-electron chi connectivity index (χ0n) is 17.9. The van der Waals surface area contributed by atoms with Gasteiger partial charge in [-0.15, -0.1) is 11.3 Å². The van der Waals surface area contributed by atoms with E-state index in [1.807, 2.05) is 18.5 Å². The van der Waals surface area contributed by atoms with Crippen molar-refractivity contribution in [3.63, 3.8) is 0 Å². The summed E-state index contributed by atoms with van der Waals surface area (Å²) in [6.07, 6.45) is 8.00. The molecule has 0 unspecified atom stereocenters. The molecule has 31 heavy (non-hydrogen) atoms. The third-order valence-electron chi connectivity index (χ3n) is 6.24. The topological polar surface area (TPSA) is 56.5 Å². The van der Waals surface area contributed by atoms with E-state index >= 15 is 0 Å². The van der Waals surface area contributed by atoms with Crippen molar-refractivity contribution in [2.45, 2.75) is 70.5 Å². The van der Waals surface area contributed by atoms with Crippen molar-refractivity contribution in [2.75, 3.05) is 0 Å². The smallest absolute Gasteiger partial charge is 0.211 e. The van der Waals surface area contributed by atoms with Gasteiger partial charge >= 0.3 is 0 Å². The Labute approximate surface area is 184 Å². The fourth-order valence-corrected chi connectivity index (χ4v) is 5.65. The Balaban J connectivity index is 1.66. The van der Waals surface area contributed by atoms with Crippen molar-refractivity contribution in [1.29, 1.82) is 0 Å². The molecule has 0 N–H and O–H groups in total. The number of benzene rings is 1. The van der Waals surface area contributed by atoms with Gasteiger partial charge < -0.3 is 4.74 Å². The second-order valence-corrected chi connectivity index (χ2v) is 10.2. The summed E-state index contributed by atoms with van der Waals surface area (Å²) in [4.78, 5) is 20.0. The maximum absolute atomic E-state index is 13.4. The number of imidazole rings is 1. The van der Waals surface area contributed by atoms with Crippen LogP contribution in [0.2, 0.25) is 0 Å². The molecule has 3 heterocycles. The van der Waals surface area contributed by atoms with E-state index < -0.39 is 0 Å². The minimum absolute atomic E-state index is 0.00733. The van der Waals surface area contributed by atoms with Gasteiger partial charge in [0, 0.05) is 22.8 Å². The molecule has 0 radical (unpaired) electrons. The SMILES string of the molecule is CC1(C)Cc2c(sc3c(nc(C4CCCCC4)n3N=Cc3ccc(F)cc3)c2=O)CO1. The van der Waals surface area contributed by atoms with E-state index in [2.05, 4.69) is 0 Å². The Morgan fingerprint density at radius 1 is 1.23 bits per heavy atom. The van der Waals surface area contributed by atoms with Gasteiger partial charge in [-0.2, -0.15) is 5.10 Å². The summed E-state index contributed by atoms with van der Waals surface area (Å²) in [5, 5.41) is 4.73. The maximum atomic E-state index is 13.4. The van der Waals surface area contributed by atoms with Gasteiger partial charge in [-0.25, -0.2) is 14.1 Å². The molecule has 5 nitrogen and oxygen atoms in total. The molecule has 2 aliphatic rings. The van der Waals surface area contributed by atoms with Gasteiger partial charge in [0.1, 0.15) is 22.0 Å². The van der Waals surface area contributed by atoms with E-state index in [4.69, 9.17) is 14.8 Å². The summed E-state index contributed by atoms with van der Waals surface area (Å²) in [5.41, 5.74) is 1.80. The monoisotopic (exact) mass is 439 g/mol. The van der Waals surface area contributed by atoms with E-state index in [1.54, 1.807) is 29.7 Å². The summed E-state index contributed by atoms with van der Waals surface area (Å²) >= 11 is 1.55. The van der Waals surface area contributed by atoms with Crippen LogP contribution in [0.15, 0.2) is 34.2 Å². The molecule has 7 heteroatoms. The fourth-order valence-electron chi connectivity index (χ4n) is 4.54. The van der Waals surface area contributed by atoms with Crippen molar-refractivity contribution < 1.29 is 9.13 Å². The van der Waals surface area contributed by atoms with Crippen molar-refractivity contribution in [3.05, 3.63) is 62.1 Å². The lowest BCUT2D eigenvalue weighted by Crippen LogP contribution is -2.34. The van der Waals surface area contributed by atoms with Crippen molar-refractivity contribution in [3.8, 4) is 0 Å². The van der Waals surface area contributed by atoms with E-state index in [-0.39, 0.29) is 16.8 Å². The number of fused-ring (bicyclic) bond motifs is 2. The first-order valence-electron chi connectivity index (χ1n) is 10.9. The van der Waals surface area contributed by atoms with Gasteiger partial charge in [0.25, 0.3) is 0 Å². The molecule has 1 aliphatic carbocycles. The minimum Gasteiger partial charge on any atom is -0.370 e. The van der Waals surface area contributed by atoms with Gasteiger partial charge in [0.2, 0.25) is 5.43 Å². The molecule has 2 aromatic heterocycles. The van der Waals surface area contributed by atoms with Crippen LogP contribution in [0.25, 0.3) is 10.3 Å². The molecule has 1 saturated carbocycles. The molecule has 3 aromatic rings. The van der Waals surface area contributed by atoms with E-state index in [9.17, 15) is 9.18 Å². The molecule has 0 saturated heterocycles. The first-order chi connectivity index (χ1) is 14.9. The molecule has 0 atom stereocenters. The summed E-state index contributed by atoms with van der Waals surface area (Å²) < 4.78 is 21.1. The average molecular weight is 440 g/mol. The van der Waals surface area contributed by atoms with Gasteiger partial charge in [0.05, 0.1) is 18.4 Å². The quantitative estimate of drug-likeness (QED) is 0.515. The summed E-state index contributed by atoms with van der Waals surface area (Å²) in [5.74, 6) is 0.882. The highest BCUT2D eigenvalue weighted by molar-refractivity contribution is 7.18. The Morgan fingerprint density at radius 2 is 1.97 bits per heavy atom. The molecular formula is C24H26FN3O2S. The van der Waals surface area contributed by atoms with Crippen LogP contribution in [-0.2, 0) is 17.8 Å². The first-order valence-corrected chi connectivity index (χ1v) is 11.7. The van der Waals surface area contributed by atoms with Crippen LogP contribution in [0, 0.1) is 5.82 Å². The zero-order chi connectivity index (χ0) is 21.6. The second-order valence-electron chi connectivity index (χ2n) is 9.12. The Hall–Kier alpha value is -2.38. The molecule has 0 spiro atoms. The molecule has 0 bridgehead atoms. The van der Waals surface area contributed by atoms with Crippen LogP contribution < -0.4 is 5.43 Å². The van der Waals surface area contributed by atoms with Crippen molar-refractivity contribution >= 4 is 27.9 Å². The lowest BCUT2D eigenvalue weighted by Gasteiger charge is -2.30. The van der Waals surface area contributed by atoms with Crippen LogP contribution in [0.5, 0.6) is 0 Å². The zero-order valence-corrected chi connectivity index (χ0v) is 18.7. The van der Waals surface area contributed by atoms with E-state index in [0.29, 0.717) is 24.5 Å². The normalized spacial score (nSPS) is 19.2. The molecule has 1 fully saturated rings. The molecule has 162 valence electrons. The van der Waals surface area contributed by atoms with E-state index in [1.165, 1.54) is 31.4 Å². The third-order valence-corrected chi connectivity index (χ3v) is 7.41. The molecule has 0 amide bonds. The van der Waals surface area contributed by atoms with Gasteiger partial charge in [-0.05, 0) is 44.4 Å². The predicted octanol–water partition coefficient (Wildman–Crippen LogP) is 5.38. The Bertz CT molecular complexity index is 1200. The second kappa shape index (κ2) is 7.95.